The first-order valence-electron chi connectivity index (χ1n) is 7.77. The molecule has 0 saturated carbocycles. The average molecular weight is 344 g/mol. The van der Waals surface area contributed by atoms with Crippen molar-refractivity contribution in [2.45, 2.75) is 26.8 Å². The van der Waals surface area contributed by atoms with E-state index in [-0.39, 0.29) is 5.91 Å². The molecule has 8 heteroatoms. The van der Waals surface area contributed by atoms with Crippen LogP contribution in [0.1, 0.15) is 27.9 Å². The molecule has 0 aliphatic rings. The highest BCUT2D eigenvalue weighted by Crippen LogP contribution is 2.18. The summed E-state index contributed by atoms with van der Waals surface area (Å²) in [5, 5.41) is 0. The van der Waals surface area contributed by atoms with Gasteiger partial charge >= 0.3 is 0 Å². The summed E-state index contributed by atoms with van der Waals surface area (Å²) in [5.74, 6) is 0.342. The van der Waals surface area contributed by atoms with Gasteiger partial charge in [-0.15, -0.1) is 11.3 Å². The van der Waals surface area contributed by atoms with Crippen LogP contribution in [0.4, 0.5) is 5.95 Å². The van der Waals surface area contributed by atoms with Gasteiger partial charge in [0.15, 0.2) is 5.65 Å². The first-order chi connectivity index (χ1) is 11.5. The van der Waals surface area contributed by atoms with E-state index in [1.807, 2.05) is 23.9 Å². The van der Waals surface area contributed by atoms with Crippen LogP contribution in [-0.2, 0) is 13.0 Å². The molecule has 0 aliphatic carbocycles. The Balaban J connectivity index is 1.76. The molecule has 3 rings (SSSR count). The van der Waals surface area contributed by atoms with E-state index < -0.39 is 0 Å². The fourth-order valence-corrected chi connectivity index (χ4v) is 3.38. The second-order valence-corrected chi connectivity index (χ2v) is 6.56. The van der Waals surface area contributed by atoms with E-state index >= 15 is 0 Å². The predicted molar refractivity (Wildman–Crippen MR) is 95.1 cm³/mol. The standard InChI is InChI=1S/C16H20N6OS/c1-4-22-14-12(20-16(22)17)7-11(8-18-14)15(23)21(3)6-5-13-10(2)19-9-24-13/h7-9H,4-6H2,1-3H3,(H2,17,20). The Morgan fingerprint density at radius 1 is 1.42 bits per heavy atom. The first-order valence-corrected chi connectivity index (χ1v) is 8.65. The average Bonchev–Trinajstić information content (AvgIpc) is 3.12. The van der Waals surface area contributed by atoms with Crippen molar-refractivity contribution in [1.82, 2.24) is 24.4 Å². The Hall–Kier alpha value is -2.48. The number of aryl methyl sites for hydroxylation is 2. The molecular formula is C16H20N6OS. The number of nitrogens with two attached hydrogens (primary N) is 1. The predicted octanol–water partition coefficient (Wildman–Crippen LogP) is 2.11. The molecule has 3 aromatic heterocycles. The van der Waals surface area contributed by atoms with E-state index in [2.05, 4.69) is 15.0 Å². The van der Waals surface area contributed by atoms with Crippen LogP contribution < -0.4 is 5.73 Å². The minimum atomic E-state index is -0.0730. The third kappa shape index (κ3) is 2.96. The summed E-state index contributed by atoms with van der Waals surface area (Å²) in [7, 11) is 1.79. The van der Waals surface area contributed by atoms with Crippen LogP contribution in [0.2, 0.25) is 0 Å². The smallest absolute Gasteiger partial charge is 0.255 e. The number of carbonyl (C=O) groups excluding carboxylic acids is 1. The number of thiazole rings is 1. The van der Waals surface area contributed by atoms with Gasteiger partial charge in [-0.1, -0.05) is 0 Å². The van der Waals surface area contributed by atoms with Gasteiger partial charge in [0.25, 0.3) is 5.91 Å². The fraction of sp³-hybridized carbons (Fsp3) is 0.375. The maximum absolute atomic E-state index is 12.6. The molecule has 24 heavy (non-hydrogen) atoms. The zero-order chi connectivity index (χ0) is 17.3. The molecule has 0 aliphatic heterocycles. The van der Waals surface area contributed by atoms with Crippen molar-refractivity contribution < 1.29 is 4.79 Å². The maximum atomic E-state index is 12.6. The van der Waals surface area contributed by atoms with Gasteiger partial charge in [0.05, 0.1) is 16.8 Å². The number of carbonyl (C=O) groups is 1. The van der Waals surface area contributed by atoms with Gasteiger partial charge in [-0.25, -0.2) is 15.0 Å². The lowest BCUT2D eigenvalue weighted by atomic mass is 10.2. The summed E-state index contributed by atoms with van der Waals surface area (Å²) >= 11 is 1.62. The number of aromatic nitrogens is 4. The second kappa shape index (κ2) is 6.56. The summed E-state index contributed by atoms with van der Waals surface area (Å²) in [4.78, 5) is 28.4. The summed E-state index contributed by atoms with van der Waals surface area (Å²) in [5.41, 5.74) is 10.6. The van der Waals surface area contributed by atoms with Crippen LogP contribution >= 0.6 is 11.3 Å². The second-order valence-electron chi connectivity index (χ2n) is 5.62. The third-order valence-corrected chi connectivity index (χ3v) is 5.04. The number of imidazole rings is 1. The van der Waals surface area contributed by atoms with Crippen LogP contribution in [0.25, 0.3) is 11.2 Å². The fourth-order valence-electron chi connectivity index (χ4n) is 2.61. The number of anilines is 1. The lowest BCUT2D eigenvalue weighted by Crippen LogP contribution is -2.28. The number of likely N-dealkylation sites (N-methyl/N-ethyl adjacent to an activating group) is 1. The van der Waals surface area contributed by atoms with E-state index in [4.69, 9.17) is 5.73 Å². The molecule has 0 atom stereocenters. The molecule has 0 saturated heterocycles. The topological polar surface area (TPSA) is 89.9 Å². The number of amides is 1. The van der Waals surface area contributed by atoms with E-state index in [1.165, 1.54) is 4.88 Å². The van der Waals surface area contributed by atoms with Gasteiger partial charge in [-0.3, -0.25) is 9.36 Å². The van der Waals surface area contributed by atoms with E-state index in [9.17, 15) is 4.79 Å². The number of hydrogen-bond acceptors (Lipinski definition) is 6. The van der Waals surface area contributed by atoms with Gasteiger partial charge < -0.3 is 10.6 Å². The first kappa shape index (κ1) is 16.4. The largest absolute Gasteiger partial charge is 0.369 e. The Kier molecular flexibility index (Phi) is 4.48. The Labute approximate surface area is 144 Å². The highest BCUT2D eigenvalue weighted by Gasteiger charge is 2.16. The summed E-state index contributed by atoms with van der Waals surface area (Å²) in [6.07, 6.45) is 2.39. The lowest BCUT2D eigenvalue weighted by Gasteiger charge is -2.16. The number of nitrogens with zero attached hydrogens (tertiary/aromatic N) is 5. The molecule has 2 N–H and O–H groups in total. The highest BCUT2D eigenvalue weighted by atomic mass is 32.1. The summed E-state index contributed by atoms with van der Waals surface area (Å²) in [6.45, 7) is 5.29. The van der Waals surface area contributed by atoms with Crippen molar-refractivity contribution in [2.24, 2.45) is 0 Å². The molecule has 0 unspecified atom stereocenters. The molecule has 0 fully saturated rings. The minimum Gasteiger partial charge on any atom is -0.369 e. The van der Waals surface area contributed by atoms with E-state index in [0.717, 1.165) is 12.1 Å². The molecule has 126 valence electrons. The van der Waals surface area contributed by atoms with Gasteiger partial charge in [-0.05, 0) is 19.9 Å². The quantitative estimate of drug-likeness (QED) is 0.765. The Bertz CT molecular complexity index is 884. The van der Waals surface area contributed by atoms with Crippen molar-refractivity contribution in [2.75, 3.05) is 19.3 Å². The highest BCUT2D eigenvalue weighted by molar-refractivity contribution is 7.09. The summed E-state index contributed by atoms with van der Waals surface area (Å²) < 4.78 is 1.82. The van der Waals surface area contributed by atoms with Crippen molar-refractivity contribution in [3.63, 3.8) is 0 Å². The lowest BCUT2D eigenvalue weighted by molar-refractivity contribution is 0.0796. The van der Waals surface area contributed by atoms with Crippen molar-refractivity contribution in [3.05, 3.63) is 33.9 Å². The zero-order valence-electron chi connectivity index (χ0n) is 14.0. The van der Waals surface area contributed by atoms with Gasteiger partial charge in [0.1, 0.15) is 5.52 Å². The van der Waals surface area contributed by atoms with Gasteiger partial charge in [-0.2, -0.15) is 0 Å². The van der Waals surface area contributed by atoms with Crippen LogP contribution in [0.15, 0.2) is 17.8 Å². The number of rotatable bonds is 5. The van der Waals surface area contributed by atoms with Crippen LogP contribution in [-0.4, -0.2) is 43.9 Å². The monoisotopic (exact) mass is 344 g/mol. The molecule has 0 bridgehead atoms. The molecule has 7 nitrogen and oxygen atoms in total. The van der Waals surface area contributed by atoms with Gasteiger partial charge in [0, 0.05) is 37.6 Å². The summed E-state index contributed by atoms with van der Waals surface area (Å²) in [6, 6.07) is 1.75. The minimum absolute atomic E-state index is 0.0730. The Morgan fingerprint density at radius 2 is 2.21 bits per heavy atom. The van der Waals surface area contributed by atoms with Crippen molar-refractivity contribution in [3.8, 4) is 0 Å². The number of nitrogen functional groups attached to an aromatic ring is 1. The molecule has 3 aromatic rings. The van der Waals surface area contributed by atoms with Crippen LogP contribution in [0.5, 0.6) is 0 Å². The van der Waals surface area contributed by atoms with Crippen LogP contribution in [0.3, 0.4) is 0 Å². The SMILES string of the molecule is CCn1c(N)nc2cc(C(=O)N(C)CCc3scnc3C)cnc21. The Morgan fingerprint density at radius 3 is 2.88 bits per heavy atom. The maximum Gasteiger partial charge on any atom is 0.255 e. The molecular weight excluding hydrogens is 324 g/mol. The third-order valence-electron chi connectivity index (χ3n) is 4.04. The van der Waals surface area contributed by atoms with Crippen molar-refractivity contribution >= 4 is 34.4 Å². The van der Waals surface area contributed by atoms with Crippen molar-refractivity contribution in [1.29, 1.82) is 0 Å². The molecule has 0 aromatic carbocycles. The normalized spacial score (nSPS) is 11.1. The number of pyridine rings is 1. The molecule has 1 amide bonds. The molecule has 3 heterocycles. The number of fused-ring (bicyclic) bond motifs is 1. The molecule has 0 radical (unpaired) electrons. The molecule has 0 spiro atoms. The number of hydrogen-bond donors (Lipinski definition) is 1. The van der Waals surface area contributed by atoms with E-state index in [1.54, 1.807) is 35.5 Å². The zero-order valence-corrected chi connectivity index (χ0v) is 14.8. The van der Waals surface area contributed by atoms with Gasteiger partial charge in [0.2, 0.25) is 5.95 Å². The van der Waals surface area contributed by atoms with E-state index in [0.29, 0.717) is 35.8 Å². The van der Waals surface area contributed by atoms with Crippen LogP contribution in [0, 0.1) is 6.92 Å².